The third kappa shape index (κ3) is 5.49. The Bertz CT molecular complexity index is 2890. The summed E-state index contributed by atoms with van der Waals surface area (Å²) in [7, 11) is 0. The van der Waals surface area contributed by atoms with Gasteiger partial charge < -0.3 is 0 Å². The van der Waals surface area contributed by atoms with E-state index in [2.05, 4.69) is 187 Å². The van der Waals surface area contributed by atoms with Gasteiger partial charge in [0.15, 0.2) is 0 Å². The highest BCUT2D eigenvalue weighted by molar-refractivity contribution is 6.22. The lowest BCUT2D eigenvalue weighted by Gasteiger charge is -2.24. The average Bonchev–Trinajstić information content (AvgIpc) is 3.23. The fraction of sp³-hybridized carbons (Fsp3) is 0. The number of aromatic nitrogens is 1. The van der Waals surface area contributed by atoms with Crippen LogP contribution < -0.4 is 4.90 Å². The molecule has 2 heteroatoms. The number of hydrogen-bond donors (Lipinski definition) is 0. The van der Waals surface area contributed by atoms with E-state index in [9.17, 15) is 0 Å². The Morgan fingerprint density at radius 3 is 1.42 bits per heavy atom. The van der Waals surface area contributed by atoms with Gasteiger partial charge in [-0.25, -0.2) is 4.98 Å². The van der Waals surface area contributed by atoms with Crippen molar-refractivity contribution in [2.45, 2.75) is 0 Å². The normalized spacial score (nSPS) is 11.4. The molecule has 10 rings (SSSR count). The van der Waals surface area contributed by atoms with Gasteiger partial charge in [-0.05, 0) is 131 Å². The summed E-state index contributed by atoms with van der Waals surface area (Å²) in [6.45, 7) is 0. The molecule has 0 aliphatic carbocycles. The number of rotatable bonds is 6. The summed E-state index contributed by atoms with van der Waals surface area (Å²) >= 11 is 0. The lowest BCUT2D eigenvalue weighted by molar-refractivity contribution is 1.18. The van der Waals surface area contributed by atoms with Crippen LogP contribution in [-0.2, 0) is 0 Å². The summed E-state index contributed by atoms with van der Waals surface area (Å²) in [4.78, 5) is 6.90. The molecule has 1 aromatic heterocycles. The van der Waals surface area contributed by atoms with Crippen LogP contribution in [0.15, 0.2) is 206 Å². The first-order chi connectivity index (χ1) is 26.3. The molecule has 9 aromatic carbocycles. The van der Waals surface area contributed by atoms with E-state index in [4.69, 9.17) is 4.98 Å². The van der Waals surface area contributed by atoms with E-state index in [0.29, 0.717) is 0 Å². The van der Waals surface area contributed by atoms with Gasteiger partial charge in [-0.15, -0.1) is 0 Å². The lowest BCUT2D eigenvalue weighted by Crippen LogP contribution is -2.11. The van der Waals surface area contributed by atoms with Gasteiger partial charge in [0.25, 0.3) is 0 Å². The molecule has 0 aliphatic heterocycles. The van der Waals surface area contributed by atoms with Gasteiger partial charge in [0.05, 0.1) is 0 Å². The molecule has 0 radical (unpaired) electrons. The molecule has 0 N–H and O–H groups in total. The summed E-state index contributed by atoms with van der Waals surface area (Å²) in [5.74, 6) is 0.880. The Morgan fingerprint density at radius 1 is 0.302 bits per heavy atom. The molecule has 0 spiro atoms. The van der Waals surface area contributed by atoms with Gasteiger partial charge in [0.2, 0.25) is 0 Å². The van der Waals surface area contributed by atoms with Crippen LogP contribution in [0.2, 0.25) is 0 Å². The highest BCUT2D eigenvalue weighted by Gasteiger charge is 2.19. The molecule has 0 bridgehead atoms. The van der Waals surface area contributed by atoms with E-state index in [0.717, 1.165) is 22.8 Å². The zero-order valence-corrected chi connectivity index (χ0v) is 29.0. The van der Waals surface area contributed by atoms with Gasteiger partial charge in [-0.2, -0.15) is 0 Å². The van der Waals surface area contributed by atoms with E-state index in [1.54, 1.807) is 0 Å². The largest absolute Gasteiger partial charge is 0.295 e. The fourth-order valence-corrected chi connectivity index (χ4v) is 7.95. The monoisotopic (exact) mass is 674 g/mol. The van der Waals surface area contributed by atoms with Gasteiger partial charge in [-0.3, -0.25) is 4.90 Å². The van der Waals surface area contributed by atoms with Crippen LogP contribution in [0.1, 0.15) is 0 Å². The van der Waals surface area contributed by atoms with Gasteiger partial charge in [0.1, 0.15) is 5.82 Å². The van der Waals surface area contributed by atoms with Crippen molar-refractivity contribution in [3.63, 3.8) is 0 Å². The van der Waals surface area contributed by atoms with Crippen LogP contribution in [0.5, 0.6) is 0 Å². The zero-order chi connectivity index (χ0) is 35.1. The zero-order valence-electron chi connectivity index (χ0n) is 29.0. The molecule has 0 atom stereocenters. The van der Waals surface area contributed by atoms with E-state index in [1.807, 2.05) is 24.4 Å². The van der Waals surface area contributed by atoms with Crippen molar-refractivity contribution in [1.29, 1.82) is 0 Å². The third-order valence-corrected chi connectivity index (χ3v) is 10.5. The first-order valence-corrected chi connectivity index (χ1v) is 18.1. The summed E-state index contributed by atoms with van der Waals surface area (Å²) in [5, 5.41) is 9.96. The minimum Gasteiger partial charge on any atom is -0.295 e. The molecule has 1 heterocycles. The number of hydrogen-bond acceptors (Lipinski definition) is 2. The summed E-state index contributed by atoms with van der Waals surface area (Å²) in [5.41, 5.74) is 9.43. The Labute approximate surface area is 308 Å². The second-order valence-corrected chi connectivity index (χ2v) is 13.6. The maximum atomic E-state index is 4.70. The van der Waals surface area contributed by atoms with Gasteiger partial charge in [-0.1, -0.05) is 146 Å². The molecular formula is C51H34N2. The average molecular weight is 675 g/mol. The number of nitrogens with zero attached hydrogens (tertiary/aromatic N) is 2. The number of anilines is 3. The molecule has 0 unspecified atom stereocenters. The molecular weight excluding hydrogens is 641 g/mol. The number of pyridine rings is 1. The van der Waals surface area contributed by atoms with Gasteiger partial charge >= 0.3 is 0 Å². The van der Waals surface area contributed by atoms with E-state index >= 15 is 0 Å². The summed E-state index contributed by atoms with van der Waals surface area (Å²) < 4.78 is 0. The molecule has 53 heavy (non-hydrogen) atoms. The van der Waals surface area contributed by atoms with E-state index < -0.39 is 0 Å². The Kier molecular flexibility index (Phi) is 7.51. The smallest absolute Gasteiger partial charge is 0.137 e. The van der Waals surface area contributed by atoms with Crippen molar-refractivity contribution in [2.75, 3.05) is 4.90 Å². The van der Waals surface area contributed by atoms with Crippen molar-refractivity contribution >= 4 is 60.3 Å². The second-order valence-electron chi connectivity index (χ2n) is 13.6. The van der Waals surface area contributed by atoms with Crippen LogP contribution in [0.3, 0.4) is 0 Å². The highest BCUT2D eigenvalue weighted by atomic mass is 15.2. The molecule has 0 fully saturated rings. The predicted octanol–water partition coefficient (Wildman–Crippen LogP) is 14.2. The van der Waals surface area contributed by atoms with Crippen molar-refractivity contribution in [3.8, 4) is 33.4 Å². The molecule has 10 aromatic rings. The first-order valence-electron chi connectivity index (χ1n) is 18.1. The minimum atomic E-state index is 0.880. The van der Waals surface area contributed by atoms with Crippen molar-refractivity contribution in [1.82, 2.24) is 4.98 Å². The Hall–Kier alpha value is -7.03. The van der Waals surface area contributed by atoms with E-state index in [1.165, 1.54) is 70.9 Å². The third-order valence-electron chi connectivity index (χ3n) is 10.5. The molecule has 2 nitrogen and oxygen atoms in total. The topological polar surface area (TPSA) is 16.1 Å². The first kappa shape index (κ1) is 30.8. The standard InChI is InChI=1S/C51H34N2/c1-2-16-43(17-3-1)53(49-20-10-11-31-52-49)44-28-25-37(26-29-44)40-27-30-47-48(34-40)51(42-24-22-36-13-5-7-15-39(36)33-42)46-19-9-8-18-45(46)50(47)41-23-21-35-12-4-6-14-38(35)32-41/h1-34H. The van der Waals surface area contributed by atoms with Crippen molar-refractivity contribution in [2.24, 2.45) is 0 Å². The minimum absolute atomic E-state index is 0.880. The van der Waals surface area contributed by atoms with Crippen LogP contribution in [0, 0.1) is 0 Å². The SMILES string of the molecule is c1ccc(N(c2ccc(-c3ccc4c(-c5ccc6ccccc6c5)c5ccccc5c(-c5ccc6ccccc6c5)c4c3)cc2)c2ccccn2)cc1. The van der Waals surface area contributed by atoms with Crippen LogP contribution in [0.25, 0.3) is 76.5 Å². The van der Waals surface area contributed by atoms with E-state index in [-0.39, 0.29) is 0 Å². The maximum absolute atomic E-state index is 4.70. The molecule has 0 aliphatic rings. The number of fused-ring (bicyclic) bond motifs is 4. The molecule has 248 valence electrons. The van der Waals surface area contributed by atoms with Crippen LogP contribution in [0.4, 0.5) is 17.2 Å². The van der Waals surface area contributed by atoms with Crippen molar-refractivity contribution < 1.29 is 0 Å². The Morgan fingerprint density at radius 2 is 0.792 bits per heavy atom. The fourth-order valence-electron chi connectivity index (χ4n) is 7.95. The lowest BCUT2D eigenvalue weighted by atomic mass is 9.84. The van der Waals surface area contributed by atoms with Crippen LogP contribution >= 0.6 is 0 Å². The van der Waals surface area contributed by atoms with Crippen LogP contribution in [-0.4, -0.2) is 4.98 Å². The summed E-state index contributed by atoms with van der Waals surface area (Å²) in [6, 6.07) is 72.3. The number of benzene rings is 9. The van der Waals surface area contributed by atoms with Crippen molar-refractivity contribution in [3.05, 3.63) is 206 Å². The predicted molar refractivity (Wildman–Crippen MR) is 225 cm³/mol. The van der Waals surface area contributed by atoms with Gasteiger partial charge in [0, 0.05) is 17.6 Å². The quantitative estimate of drug-likeness (QED) is 0.163. The molecule has 0 amide bonds. The molecule has 0 saturated carbocycles. The Balaban J connectivity index is 1.19. The maximum Gasteiger partial charge on any atom is 0.137 e. The second kappa shape index (κ2) is 12.9. The summed E-state index contributed by atoms with van der Waals surface area (Å²) in [6.07, 6.45) is 1.84. The number of para-hydroxylation sites is 1. The highest BCUT2D eigenvalue weighted by Crippen LogP contribution is 2.46. The molecule has 0 saturated heterocycles.